The predicted octanol–water partition coefficient (Wildman–Crippen LogP) is -3.49. The van der Waals surface area contributed by atoms with Crippen LogP contribution in [-0.2, 0) is 89.4 Å². The number of cyclic esters (lactones) is 1. The monoisotopic (exact) mass is 1280 g/mol. The molecule has 2 aromatic carbocycles. The van der Waals surface area contributed by atoms with E-state index in [0.717, 1.165) is 0 Å². The van der Waals surface area contributed by atoms with Gasteiger partial charge in [0.2, 0.25) is 65.0 Å². The number of carbonyl (C=O) groups is 14. The lowest BCUT2D eigenvalue weighted by Crippen LogP contribution is -2.62. The maximum Gasteiger partial charge on any atom is 0.326 e. The lowest BCUT2D eigenvalue weighted by Gasteiger charge is -2.32. The fourth-order valence-electron chi connectivity index (χ4n) is 11.0. The van der Waals surface area contributed by atoms with E-state index in [9.17, 15) is 72.5 Å². The number of ether oxygens (including phenoxy) is 2. The minimum atomic E-state index is -2.02. The molecular weight excluding hydrogens is 1200 g/mol. The Morgan fingerprint density at radius 1 is 0.652 bits per heavy atom. The zero-order valence-electron chi connectivity index (χ0n) is 51.4. The molecule has 13 atom stereocenters. The van der Waals surface area contributed by atoms with Gasteiger partial charge in [-0.1, -0.05) is 62.4 Å². The number of benzene rings is 2. The van der Waals surface area contributed by atoms with Gasteiger partial charge in [-0.25, -0.2) is 4.79 Å². The van der Waals surface area contributed by atoms with Gasteiger partial charge in [0.25, 0.3) is 0 Å². The molecule has 5 heterocycles. The number of esters is 2. The number of aliphatic hydroxyl groups is 1. The van der Waals surface area contributed by atoms with E-state index in [1.54, 1.807) is 74.5 Å². The molecule has 0 unspecified atom stereocenters. The number of aromatic nitrogens is 1. The molecule has 15 N–H and O–H groups in total. The Balaban J connectivity index is 1.39. The van der Waals surface area contributed by atoms with Crippen molar-refractivity contribution in [1.82, 2.24) is 63.1 Å². The Kier molecular flexibility index (Phi) is 24.7. The highest BCUT2D eigenvalue weighted by Crippen LogP contribution is 2.22. The van der Waals surface area contributed by atoms with Crippen molar-refractivity contribution in [2.75, 3.05) is 19.7 Å². The van der Waals surface area contributed by atoms with Crippen LogP contribution in [0, 0.1) is 5.92 Å². The Morgan fingerprint density at radius 2 is 1.27 bits per heavy atom. The third-order valence-corrected chi connectivity index (χ3v) is 16.1. The van der Waals surface area contributed by atoms with Crippen molar-refractivity contribution in [3.63, 3.8) is 0 Å². The van der Waals surface area contributed by atoms with E-state index in [-0.39, 0.29) is 70.4 Å². The van der Waals surface area contributed by atoms with E-state index in [0.29, 0.717) is 22.2 Å². The SMILES string of the molecule is CC(C)C[C@@H]1NC(=O)[C@@H](NC(=O)[C@@H](N)[C@@H](C)O)[C@H](C)OC(=O)CC[C@@H]2NC(=O)[C@@H]3COC(=O)C[C@H](NC(=O)[C@H](Cc4cc5ccccc5[nH]4)NC2=O)C(=O)N[C@H](C(=O)O)CC(=O)NCCCC[C@H](NC1=O)C(=O)N[C@@H](Cc1ccccc1)C(=O)N1CCC[C@H]1C(=O)N3. The summed E-state index contributed by atoms with van der Waals surface area (Å²) in [4.78, 5) is 205. The molecule has 0 spiro atoms. The molecule has 31 nitrogen and oxygen atoms in total. The number of para-hydroxylation sites is 1. The molecule has 0 saturated carbocycles. The van der Waals surface area contributed by atoms with Crippen molar-refractivity contribution in [3.8, 4) is 0 Å². The van der Waals surface area contributed by atoms with Gasteiger partial charge in [0.15, 0.2) is 0 Å². The molecule has 0 radical (unpaired) electrons. The Hall–Kier alpha value is -9.52. The molecule has 31 heteroatoms. The highest BCUT2D eigenvalue weighted by atomic mass is 16.5. The zero-order chi connectivity index (χ0) is 66.9. The molecule has 498 valence electrons. The van der Waals surface area contributed by atoms with Gasteiger partial charge < -0.3 is 88.5 Å². The van der Waals surface area contributed by atoms with Gasteiger partial charge in [0.05, 0.1) is 18.9 Å². The third kappa shape index (κ3) is 19.5. The van der Waals surface area contributed by atoms with E-state index in [1.165, 1.54) is 18.7 Å². The highest BCUT2D eigenvalue weighted by molar-refractivity contribution is 6.01. The maximum absolute atomic E-state index is 15.1. The second kappa shape index (κ2) is 32.5. The number of carboxylic acid groups (broad SMARTS) is 1. The molecule has 92 heavy (non-hydrogen) atoms. The summed E-state index contributed by atoms with van der Waals surface area (Å²) in [5.41, 5.74) is 7.47. The smallest absolute Gasteiger partial charge is 0.326 e. The van der Waals surface area contributed by atoms with Gasteiger partial charge in [0.1, 0.15) is 79.2 Å². The lowest BCUT2D eigenvalue weighted by molar-refractivity contribution is -0.154. The largest absolute Gasteiger partial charge is 0.480 e. The number of aliphatic hydroxyl groups excluding tert-OH is 1. The first kappa shape index (κ1) is 69.9. The lowest BCUT2D eigenvalue weighted by atomic mass is 10.00. The van der Waals surface area contributed by atoms with Crippen molar-refractivity contribution in [2.45, 2.75) is 183 Å². The maximum atomic E-state index is 15.1. The molecule has 4 saturated heterocycles. The Labute approximate surface area is 528 Å². The normalized spacial score (nSPS) is 27.6. The van der Waals surface area contributed by atoms with Crippen molar-refractivity contribution in [1.29, 1.82) is 0 Å². The van der Waals surface area contributed by atoms with Gasteiger partial charge in [-0.2, -0.15) is 0 Å². The summed E-state index contributed by atoms with van der Waals surface area (Å²) in [6.07, 6.45) is -7.06. The number of carboxylic acids is 1. The number of nitrogens with one attached hydrogen (secondary N) is 11. The molecule has 4 fully saturated rings. The summed E-state index contributed by atoms with van der Waals surface area (Å²) < 4.78 is 11.2. The van der Waals surface area contributed by atoms with Crippen molar-refractivity contribution in [3.05, 3.63) is 71.9 Å². The first-order valence-corrected chi connectivity index (χ1v) is 30.7. The summed E-state index contributed by atoms with van der Waals surface area (Å²) in [6.45, 7) is 4.58. The molecular formula is C61H81N13O18. The van der Waals surface area contributed by atoms with E-state index in [2.05, 4.69) is 58.2 Å². The highest BCUT2D eigenvalue weighted by Gasteiger charge is 2.43. The van der Waals surface area contributed by atoms with Crippen molar-refractivity contribution in [2.24, 2.45) is 11.7 Å². The van der Waals surface area contributed by atoms with Crippen LogP contribution >= 0.6 is 0 Å². The quantitative estimate of drug-likeness (QED) is 0.0876. The van der Waals surface area contributed by atoms with E-state index in [1.807, 2.05) is 0 Å². The molecule has 4 bridgehead atoms. The fraction of sp³-hybridized carbons (Fsp3) is 0.541. The third-order valence-electron chi connectivity index (χ3n) is 16.1. The number of rotatable bonds is 10. The van der Waals surface area contributed by atoms with Crippen LogP contribution in [0.15, 0.2) is 60.7 Å². The summed E-state index contributed by atoms with van der Waals surface area (Å²) in [6, 6.07) is -1.83. The van der Waals surface area contributed by atoms with Gasteiger partial charge in [-0.15, -0.1) is 0 Å². The van der Waals surface area contributed by atoms with Crippen LogP contribution < -0.4 is 58.9 Å². The molecule has 0 aliphatic carbocycles. The van der Waals surface area contributed by atoms with Gasteiger partial charge in [-0.3, -0.25) is 62.3 Å². The molecule has 1 aromatic heterocycles. The molecule has 4 aliphatic rings. The average molecular weight is 1280 g/mol. The number of fused-ring (bicyclic) bond motifs is 12. The first-order chi connectivity index (χ1) is 43.7. The number of aliphatic carboxylic acids is 1. The van der Waals surface area contributed by atoms with E-state index < -0.39 is 194 Å². The van der Waals surface area contributed by atoms with Crippen LogP contribution in [0.4, 0.5) is 0 Å². The van der Waals surface area contributed by atoms with Crippen LogP contribution in [0.3, 0.4) is 0 Å². The van der Waals surface area contributed by atoms with Gasteiger partial charge in [0, 0.05) is 43.6 Å². The molecule has 4 aliphatic heterocycles. The number of nitrogens with two attached hydrogens (primary N) is 1. The van der Waals surface area contributed by atoms with Crippen molar-refractivity contribution < 1.29 is 86.8 Å². The fourth-order valence-corrected chi connectivity index (χ4v) is 11.0. The number of aromatic amines is 1. The number of amides is 11. The minimum Gasteiger partial charge on any atom is -0.480 e. The summed E-state index contributed by atoms with van der Waals surface area (Å²) in [5.74, 6) is -16.1. The number of hydrogen-bond acceptors (Lipinski definition) is 18. The Bertz CT molecular complexity index is 3220. The summed E-state index contributed by atoms with van der Waals surface area (Å²) >= 11 is 0. The number of carbonyl (C=O) groups excluding carboxylic acids is 13. The molecule has 3 aromatic rings. The predicted molar refractivity (Wildman–Crippen MR) is 323 cm³/mol. The Morgan fingerprint density at radius 3 is 1.97 bits per heavy atom. The standard InChI is InChI=1S/C61H81N13O18/c1-30(2)23-39-53(81)65-37-17-10-11-21-63-46(76)27-43(61(89)90)71-55(83)41-28-48(78)91-29-44(72-57(85)45-18-12-22-74(45)60(88)42(70-51(37)79)24-33-13-6-5-7-14-33)56(84)66-38(19-20-47(77)92-32(4)50(59(87)69-39)73-58(86)49(62)31(3)75)52(80)67-40(54(82)68-41)26-35-25-34-15-8-9-16-36(34)64-35/h5-9,13-16,25,30-32,37-45,49-50,64,75H,10-12,17-24,26-29,62H2,1-4H3,(H,63,76)(H,65,81)(H,66,84)(H,67,80)(H,68,82)(H,69,87)(H,70,79)(H,71,83)(H,72,85)(H,73,86)(H,89,90)/t31-,32+,37+,38+,39+,40+,41+,42+,43+,44+,45+,49+,50+/m1/s1. The summed E-state index contributed by atoms with van der Waals surface area (Å²) in [7, 11) is 0. The van der Waals surface area contributed by atoms with Crippen LogP contribution in [0.25, 0.3) is 10.9 Å². The van der Waals surface area contributed by atoms with Crippen molar-refractivity contribution >= 4 is 93.8 Å². The number of nitrogens with zero attached hydrogens (tertiary/aromatic N) is 1. The number of H-pyrrole nitrogens is 1. The topological polar surface area (TPSA) is 463 Å². The van der Waals surface area contributed by atoms with Gasteiger partial charge >= 0.3 is 17.9 Å². The van der Waals surface area contributed by atoms with E-state index in [4.69, 9.17) is 15.2 Å². The minimum absolute atomic E-state index is 0.00490. The van der Waals surface area contributed by atoms with Crippen LogP contribution in [0.2, 0.25) is 0 Å². The van der Waals surface area contributed by atoms with E-state index >= 15 is 4.79 Å². The molecule has 7 rings (SSSR count). The first-order valence-electron chi connectivity index (χ1n) is 30.7. The van der Waals surface area contributed by atoms with Crippen LogP contribution in [-0.4, -0.2) is 201 Å². The summed E-state index contributed by atoms with van der Waals surface area (Å²) in [5, 5.41) is 46.4. The average Bonchev–Trinajstić information content (AvgIpc) is 2.46. The van der Waals surface area contributed by atoms with Crippen LogP contribution in [0.5, 0.6) is 0 Å². The molecule has 11 amide bonds. The second-order valence-electron chi connectivity index (χ2n) is 23.8. The second-order valence-corrected chi connectivity index (χ2v) is 23.8. The number of hydrogen-bond donors (Lipinski definition) is 14. The van der Waals surface area contributed by atoms with Crippen LogP contribution in [0.1, 0.15) is 103 Å². The van der Waals surface area contributed by atoms with Gasteiger partial charge in [-0.05, 0) is 87.8 Å². The zero-order valence-corrected chi connectivity index (χ0v) is 51.4.